The molecule has 0 aliphatic carbocycles. The lowest BCUT2D eigenvalue weighted by molar-refractivity contribution is -0.117. The molecule has 1 aliphatic rings. The molecule has 1 aromatic heterocycles. The Balaban J connectivity index is 1.48. The molecule has 8 heteroatoms. The third-order valence-corrected chi connectivity index (χ3v) is 5.52. The molecule has 3 amide bonds. The lowest BCUT2D eigenvalue weighted by Crippen LogP contribution is -2.34. The Kier molecular flexibility index (Phi) is 5.94. The SMILES string of the molecule is Cc1ccc(N2C[C@@H](c3nc(-c4cccc(NC(=O)NC(C)C)c4)no3)CC2=O)cc1C. The Morgan fingerprint density at radius 2 is 1.97 bits per heavy atom. The molecular formula is C24H27N5O3. The van der Waals surface area contributed by atoms with Crippen LogP contribution in [0.5, 0.6) is 0 Å². The molecular weight excluding hydrogens is 406 g/mol. The predicted octanol–water partition coefficient (Wildman–Crippen LogP) is 4.40. The summed E-state index contributed by atoms with van der Waals surface area (Å²) in [4.78, 5) is 30.9. The van der Waals surface area contributed by atoms with Crippen LogP contribution in [0.3, 0.4) is 0 Å². The van der Waals surface area contributed by atoms with Crippen LogP contribution in [0.4, 0.5) is 16.2 Å². The molecule has 3 aromatic rings. The van der Waals surface area contributed by atoms with E-state index in [1.807, 2.05) is 51.1 Å². The summed E-state index contributed by atoms with van der Waals surface area (Å²) in [6, 6.07) is 13.0. The second-order valence-corrected chi connectivity index (χ2v) is 8.46. The topological polar surface area (TPSA) is 100 Å². The van der Waals surface area contributed by atoms with Gasteiger partial charge in [0.05, 0.1) is 5.92 Å². The van der Waals surface area contributed by atoms with Crippen molar-refractivity contribution >= 4 is 23.3 Å². The van der Waals surface area contributed by atoms with Crippen LogP contribution in [0.2, 0.25) is 0 Å². The molecule has 8 nitrogen and oxygen atoms in total. The minimum atomic E-state index is -0.276. The van der Waals surface area contributed by atoms with E-state index >= 15 is 0 Å². The molecule has 4 rings (SSSR count). The molecule has 166 valence electrons. The maximum absolute atomic E-state index is 12.6. The number of urea groups is 1. The van der Waals surface area contributed by atoms with Crippen LogP contribution in [0.15, 0.2) is 47.0 Å². The first kappa shape index (κ1) is 21.5. The molecule has 1 saturated heterocycles. The van der Waals surface area contributed by atoms with Gasteiger partial charge in [-0.25, -0.2) is 4.79 Å². The summed E-state index contributed by atoms with van der Waals surface area (Å²) in [5.41, 5.74) is 4.58. The summed E-state index contributed by atoms with van der Waals surface area (Å²) in [5, 5.41) is 9.68. The normalized spacial score (nSPS) is 16.0. The van der Waals surface area contributed by atoms with E-state index < -0.39 is 0 Å². The Morgan fingerprint density at radius 1 is 1.16 bits per heavy atom. The quantitative estimate of drug-likeness (QED) is 0.621. The van der Waals surface area contributed by atoms with Crippen molar-refractivity contribution < 1.29 is 14.1 Å². The molecule has 2 aromatic carbocycles. The average molecular weight is 434 g/mol. The number of benzene rings is 2. The van der Waals surface area contributed by atoms with E-state index in [0.717, 1.165) is 16.8 Å². The number of anilines is 2. The molecule has 1 atom stereocenters. The number of aromatic nitrogens is 2. The molecule has 0 radical (unpaired) electrons. The number of carbonyl (C=O) groups is 2. The van der Waals surface area contributed by atoms with Gasteiger partial charge in [-0.05, 0) is 63.1 Å². The highest BCUT2D eigenvalue weighted by Gasteiger charge is 2.35. The standard InChI is InChI=1S/C24H27N5O3/c1-14(2)25-24(31)26-19-7-5-6-17(11-19)22-27-23(32-28-22)18-12-21(30)29(13-18)20-9-8-15(3)16(4)10-20/h5-11,14,18H,12-13H2,1-4H3,(H2,25,26,31)/t18-/m0/s1. The van der Waals surface area contributed by atoms with E-state index in [9.17, 15) is 9.59 Å². The second kappa shape index (κ2) is 8.82. The number of nitrogens with zero attached hydrogens (tertiary/aromatic N) is 3. The number of carbonyl (C=O) groups excluding carboxylic acids is 2. The summed E-state index contributed by atoms with van der Waals surface area (Å²) in [7, 11) is 0. The number of nitrogens with one attached hydrogen (secondary N) is 2. The van der Waals surface area contributed by atoms with E-state index in [0.29, 0.717) is 30.4 Å². The van der Waals surface area contributed by atoms with Crippen molar-refractivity contribution in [2.45, 2.75) is 46.1 Å². The maximum Gasteiger partial charge on any atom is 0.319 e. The number of rotatable bonds is 5. The van der Waals surface area contributed by atoms with Crippen molar-refractivity contribution in [2.24, 2.45) is 0 Å². The van der Waals surface area contributed by atoms with Gasteiger partial charge in [-0.2, -0.15) is 4.98 Å². The molecule has 0 unspecified atom stereocenters. The number of hydrogen-bond acceptors (Lipinski definition) is 5. The van der Waals surface area contributed by atoms with Gasteiger partial charge in [0.25, 0.3) is 0 Å². The zero-order valence-electron chi connectivity index (χ0n) is 18.7. The lowest BCUT2D eigenvalue weighted by Gasteiger charge is -2.17. The highest BCUT2D eigenvalue weighted by molar-refractivity contribution is 5.96. The van der Waals surface area contributed by atoms with E-state index in [2.05, 4.69) is 27.7 Å². The highest BCUT2D eigenvalue weighted by atomic mass is 16.5. The Labute approximate surface area is 187 Å². The van der Waals surface area contributed by atoms with Crippen molar-refractivity contribution in [2.75, 3.05) is 16.8 Å². The van der Waals surface area contributed by atoms with Gasteiger partial charge in [0.2, 0.25) is 17.6 Å². The summed E-state index contributed by atoms with van der Waals surface area (Å²) in [6.45, 7) is 8.38. The average Bonchev–Trinajstić information content (AvgIpc) is 3.37. The van der Waals surface area contributed by atoms with Crippen LogP contribution in [0, 0.1) is 13.8 Å². The molecule has 2 N–H and O–H groups in total. The van der Waals surface area contributed by atoms with Crippen molar-refractivity contribution in [1.29, 1.82) is 0 Å². The molecule has 2 heterocycles. The van der Waals surface area contributed by atoms with Crippen molar-refractivity contribution in [3.8, 4) is 11.4 Å². The minimum Gasteiger partial charge on any atom is -0.339 e. The maximum atomic E-state index is 12.6. The second-order valence-electron chi connectivity index (χ2n) is 8.46. The molecule has 1 aliphatic heterocycles. The number of hydrogen-bond donors (Lipinski definition) is 2. The van der Waals surface area contributed by atoms with Crippen LogP contribution < -0.4 is 15.5 Å². The van der Waals surface area contributed by atoms with Crippen LogP contribution in [-0.4, -0.2) is 34.7 Å². The van der Waals surface area contributed by atoms with E-state index in [1.54, 1.807) is 17.0 Å². The number of amides is 3. The molecule has 1 fully saturated rings. The van der Waals surface area contributed by atoms with Crippen molar-refractivity contribution in [1.82, 2.24) is 15.5 Å². The van der Waals surface area contributed by atoms with E-state index in [1.165, 1.54) is 5.56 Å². The largest absolute Gasteiger partial charge is 0.339 e. The highest BCUT2D eigenvalue weighted by Crippen LogP contribution is 2.33. The molecule has 0 saturated carbocycles. The fraction of sp³-hybridized carbons (Fsp3) is 0.333. The minimum absolute atomic E-state index is 0.0375. The van der Waals surface area contributed by atoms with Crippen LogP contribution in [0.1, 0.15) is 43.2 Å². The van der Waals surface area contributed by atoms with Gasteiger partial charge in [-0.15, -0.1) is 0 Å². The van der Waals surface area contributed by atoms with Gasteiger partial charge in [0, 0.05) is 35.9 Å². The predicted molar refractivity (Wildman–Crippen MR) is 123 cm³/mol. The van der Waals surface area contributed by atoms with Gasteiger partial charge >= 0.3 is 6.03 Å². The summed E-state index contributed by atoms with van der Waals surface area (Å²) < 4.78 is 5.51. The van der Waals surface area contributed by atoms with Crippen LogP contribution in [-0.2, 0) is 4.79 Å². The van der Waals surface area contributed by atoms with Gasteiger partial charge in [-0.1, -0.05) is 23.4 Å². The van der Waals surface area contributed by atoms with Gasteiger partial charge < -0.3 is 20.1 Å². The first-order valence-electron chi connectivity index (χ1n) is 10.7. The summed E-state index contributed by atoms with van der Waals surface area (Å²) >= 11 is 0. The third-order valence-electron chi connectivity index (χ3n) is 5.52. The van der Waals surface area contributed by atoms with E-state index in [4.69, 9.17) is 4.52 Å². The first-order chi connectivity index (χ1) is 15.3. The lowest BCUT2D eigenvalue weighted by atomic mass is 10.1. The van der Waals surface area contributed by atoms with Crippen LogP contribution in [0.25, 0.3) is 11.4 Å². The van der Waals surface area contributed by atoms with Crippen molar-refractivity contribution in [3.63, 3.8) is 0 Å². The summed E-state index contributed by atoms with van der Waals surface area (Å²) in [6.07, 6.45) is 0.325. The molecule has 0 bridgehead atoms. The van der Waals surface area contributed by atoms with Gasteiger partial charge in [0.15, 0.2) is 0 Å². The first-order valence-corrected chi connectivity index (χ1v) is 10.7. The molecule has 32 heavy (non-hydrogen) atoms. The monoisotopic (exact) mass is 433 g/mol. The number of aryl methyl sites for hydroxylation is 2. The van der Waals surface area contributed by atoms with E-state index in [-0.39, 0.29) is 23.9 Å². The van der Waals surface area contributed by atoms with Crippen LogP contribution >= 0.6 is 0 Å². The zero-order chi connectivity index (χ0) is 22.8. The van der Waals surface area contributed by atoms with Gasteiger partial charge in [0.1, 0.15) is 0 Å². The Hall–Kier alpha value is -3.68. The zero-order valence-corrected chi connectivity index (χ0v) is 18.7. The Morgan fingerprint density at radius 3 is 2.72 bits per heavy atom. The molecule has 0 spiro atoms. The van der Waals surface area contributed by atoms with Crippen molar-refractivity contribution in [3.05, 3.63) is 59.5 Å². The third kappa shape index (κ3) is 4.64. The fourth-order valence-corrected chi connectivity index (χ4v) is 3.70. The summed E-state index contributed by atoms with van der Waals surface area (Å²) in [5.74, 6) is 0.740. The Bertz CT molecular complexity index is 1150. The van der Waals surface area contributed by atoms with Gasteiger partial charge in [-0.3, -0.25) is 4.79 Å². The smallest absolute Gasteiger partial charge is 0.319 e. The fourth-order valence-electron chi connectivity index (χ4n) is 3.70.